The molecule has 2 N–H and O–H groups in total. The maximum Gasteiger partial charge on any atom is 0.325 e. The van der Waals surface area contributed by atoms with Crippen molar-refractivity contribution in [3.05, 3.63) is 59.4 Å². The van der Waals surface area contributed by atoms with Crippen LogP contribution in [0.25, 0.3) is 0 Å². The number of aryl methyl sites for hydroxylation is 2. The van der Waals surface area contributed by atoms with Gasteiger partial charge in [-0.25, -0.2) is 4.79 Å². The molecule has 0 aliphatic heterocycles. The number of nitrogens with zero attached hydrogens (tertiary/aromatic N) is 3. The molecule has 6 nitrogen and oxygen atoms in total. The van der Waals surface area contributed by atoms with E-state index in [0.29, 0.717) is 5.13 Å². The Morgan fingerprint density at radius 3 is 2.80 bits per heavy atom. The Balaban J connectivity index is 1.53. The van der Waals surface area contributed by atoms with Gasteiger partial charge >= 0.3 is 6.03 Å². The van der Waals surface area contributed by atoms with Crippen LogP contribution in [0.2, 0.25) is 0 Å². The summed E-state index contributed by atoms with van der Waals surface area (Å²) in [6.07, 6.45) is 3.57. The minimum Gasteiger partial charge on any atom is -0.308 e. The van der Waals surface area contributed by atoms with Gasteiger partial charge in [0.05, 0.1) is 0 Å². The summed E-state index contributed by atoms with van der Waals surface area (Å²) in [6, 6.07) is 9.37. The molecule has 0 bridgehead atoms. The number of hydrogen-bond donors (Lipinski definition) is 2. The summed E-state index contributed by atoms with van der Waals surface area (Å²) in [5, 5.41) is 14.1. The Kier molecular flexibility index (Phi) is 5.62. The molecule has 1 aromatic carbocycles. The van der Waals surface area contributed by atoms with E-state index in [9.17, 15) is 4.79 Å². The molecule has 0 atom stereocenters. The van der Waals surface area contributed by atoms with E-state index in [1.807, 2.05) is 50.4 Å². The van der Waals surface area contributed by atoms with Crippen LogP contribution in [0.3, 0.4) is 0 Å². The lowest BCUT2D eigenvalue weighted by Crippen LogP contribution is -2.19. The first kappa shape index (κ1) is 17.4. The lowest BCUT2D eigenvalue weighted by Gasteiger charge is -2.07. The van der Waals surface area contributed by atoms with Gasteiger partial charge in [-0.3, -0.25) is 10.3 Å². The van der Waals surface area contributed by atoms with Crippen molar-refractivity contribution in [3.63, 3.8) is 0 Å². The van der Waals surface area contributed by atoms with Crippen LogP contribution in [-0.4, -0.2) is 21.2 Å². The predicted molar refractivity (Wildman–Crippen MR) is 102 cm³/mol. The van der Waals surface area contributed by atoms with E-state index in [2.05, 4.69) is 25.8 Å². The molecular formula is C17H17N5OS2. The molecule has 2 aromatic heterocycles. The molecule has 128 valence electrons. The van der Waals surface area contributed by atoms with Gasteiger partial charge in [-0.2, -0.15) is 0 Å². The third-order valence-electron chi connectivity index (χ3n) is 3.48. The van der Waals surface area contributed by atoms with E-state index < -0.39 is 0 Å². The Morgan fingerprint density at radius 2 is 2.04 bits per heavy atom. The third kappa shape index (κ3) is 5.01. The first-order chi connectivity index (χ1) is 12.1. The SMILES string of the molecule is Cc1ccc(NC(=O)Nc2nnc(SCc3cccnc3)s2)cc1C. The summed E-state index contributed by atoms with van der Waals surface area (Å²) >= 11 is 2.91. The molecule has 0 saturated heterocycles. The van der Waals surface area contributed by atoms with E-state index in [1.54, 1.807) is 18.0 Å². The van der Waals surface area contributed by atoms with Crippen molar-refractivity contribution >= 4 is 39.9 Å². The topological polar surface area (TPSA) is 79.8 Å². The van der Waals surface area contributed by atoms with Crippen LogP contribution in [0.15, 0.2) is 47.1 Å². The van der Waals surface area contributed by atoms with Gasteiger partial charge in [0.25, 0.3) is 0 Å². The van der Waals surface area contributed by atoms with Crippen LogP contribution >= 0.6 is 23.1 Å². The van der Waals surface area contributed by atoms with Crippen LogP contribution in [0.4, 0.5) is 15.6 Å². The number of amides is 2. The number of carbonyl (C=O) groups excluding carboxylic acids is 1. The number of urea groups is 1. The number of aromatic nitrogens is 3. The van der Waals surface area contributed by atoms with E-state index in [1.165, 1.54) is 16.9 Å². The molecule has 3 rings (SSSR count). The number of carbonyl (C=O) groups is 1. The van der Waals surface area contributed by atoms with Gasteiger partial charge in [-0.1, -0.05) is 35.2 Å². The van der Waals surface area contributed by atoms with Crippen molar-refractivity contribution in [2.24, 2.45) is 0 Å². The Hall–Kier alpha value is -2.45. The highest BCUT2D eigenvalue weighted by Crippen LogP contribution is 2.28. The molecule has 2 amide bonds. The minimum absolute atomic E-state index is 0.330. The molecule has 8 heteroatoms. The van der Waals surface area contributed by atoms with Crippen LogP contribution in [-0.2, 0) is 5.75 Å². The molecular weight excluding hydrogens is 354 g/mol. The quantitative estimate of drug-likeness (QED) is 0.510. The zero-order valence-corrected chi connectivity index (χ0v) is 15.4. The van der Waals surface area contributed by atoms with Gasteiger partial charge in [-0.05, 0) is 48.7 Å². The summed E-state index contributed by atoms with van der Waals surface area (Å²) in [6.45, 7) is 4.04. The van der Waals surface area contributed by atoms with Crippen molar-refractivity contribution in [2.75, 3.05) is 10.6 Å². The molecule has 0 fully saturated rings. The van der Waals surface area contributed by atoms with Crippen LogP contribution < -0.4 is 10.6 Å². The zero-order chi connectivity index (χ0) is 17.6. The normalized spacial score (nSPS) is 10.5. The van der Waals surface area contributed by atoms with Crippen LogP contribution in [0.1, 0.15) is 16.7 Å². The highest BCUT2D eigenvalue weighted by molar-refractivity contribution is 8.00. The standard InChI is InChI=1S/C17H17N5OS2/c1-11-5-6-14(8-12(11)2)19-15(23)20-16-21-22-17(25-16)24-10-13-4-3-7-18-9-13/h3-9H,10H2,1-2H3,(H2,19,20,21,23). The molecule has 25 heavy (non-hydrogen) atoms. The first-order valence-electron chi connectivity index (χ1n) is 7.60. The number of rotatable bonds is 5. The summed E-state index contributed by atoms with van der Waals surface area (Å²) < 4.78 is 0.797. The first-order valence-corrected chi connectivity index (χ1v) is 9.41. The van der Waals surface area contributed by atoms with Crippen molar-refractivity contribution in [1.82, 2.24) is 15.2 Å². The Bertz CT molecular complexity index is 866. The molecule has 0 aliphatic rings. The van der Waals surface area contributed by atoms with Gasteiger partial charge < -0.3 is 5.32 Å². The largest absolute Gasteiger partial charge is 0.325 e. The average Bonchev–Trinajstić information content (AvgIpc) is 3.04. The Morgan fingerprint density at radius 1 is 1.16 bits per heavy atom. The number of anilines is 2. The van der Waals surface area contributed by atoms with Crippen molar-refractivity contribution in [2.45, 2.75) is 23.9 Å². The smallest absolute Gasteiger partial charge is 0.308 e. The number of pyridine rings is 1. The maximum atomic E-state index is 12.1. The fourth-order valence-corrected chi connectivity index (χ4v) is 3.71. The fourth-order valence-electron chi connectivity index (χ4n) is 2.03. The van der Waals surface area contributed by atoms with E-state index >= 15 is 0 Å². The van der Waals surface area contributed by atoms with E-state index in [-0.39, 0.29) is 6.03 Å². The number of nitrogens with one attached hydrogen (secondary N) is 2. The second-order valence-corrected chi connectivity index (χ2v) is 7.60. The number of hydrogen-bond acceptors (Lipinski definition) is 6. The fraction of sp³-hybridized carbons (Fsp3) is 0.176. The highest BCUT2D eigenvalue weighted by atomic mass is 32.2. The molecule has 2 heterocycles. The summed E-state index contributed by atoms with van der Waals surface area (Å²) in [5.41, 5.74) is 4.18. The van der Waals surface area contributed by atoms with Crippen molar-refractivity contribution in [1.29, 1.82) is 0 Å². The highest BCUT2D eigenvalue weighted by Gasteiger charge is 2.09. The summed E-state index contributed by atoms with van der Waals surface area (Å²) in [7, 11) is 0. The molecule has 0 spiro atoms. The average molecular weight is 371 g/mol. The monoisotopic (exact) mass is 371 g/mol. The molecule has 0 saturated carbocycles. The molecule has 0 radical (unpaired) electrons. The van der Waals surface area contributed by atoms with E-state index in [0.717, 1.165) is 26.9 Å². The molecule has 3 aromatic rings. The second-order valence-electron chi connectivity index (χ2n) is 5.40. The number of thioether (sulfide) groups is 1. The predicted octanol–water partition coefficient (Wildman–Crippen LogP) is 4.49. The van der Waals surface area contributed by atoms with E-state index in [4.69, 9.17) is 0 Å². The van der Waals surface area contributed by atoms with Gasteiger partial charge in [0, 0.05) is 23.8 Å². The van der Waals surface area contributed by atoms with Gasteiger partial charge in [0.2, 0.25) is 5.13 Å². The lowest BCUT2D eigenvalue weighted by atomic mass is 10.1. The molecule has 0 aliphatic carbocycles. The van der Waals surface area contributed by atoms with Crippen molar-refractivity contribution < 1.29 is 4.79 Å². The third-order valence-corrected chi connectivity index (χ3v) is 5.52. The number of benzene rings is 1. The van der Waals surface area contributed by atoms with Crippen LogP contribution in [0.5, 0.6) is 0 Å². The summed E-state index contributed by atoms with van der Waals surface area (Å²) in [5.74, 6) is 0.761. The van der Waals surface area contributed by atoms with Gasteiger partial charge in [0.1, 0.15) is 0 Å². The summed E-state index contributed by atoms with van der Waals surface area (Å²) in [4.78, 5) is 16.2. The minimum atomic E-state index is -0.330. The Labute approximate surface area is 154 Å². The van der Waals surface area contributed by atoms with Gasteiger partial charge in [0.15, 0.2) is 4.34 Å². The van der Waals surface area contributed by atoms with Crippen molar-refractivity contribution in [3.8, 4) is 0 Å². The lowest BCUT2D eigenvalue weighted by molar-refractivity contribution is 0.262. The zero-order valence-electron chi connectivity index (χ0n) is 13.8. The maximum absolute atomic E-state index is 12.1. The molecule has 0 unspecified atom stereocenters. The van der Waals surface area contributed by atoms with Gasteiger partial charge in [-0.15, -0.1) is 10.2 Å². The second kappa shape index (κ2) is 8.09. The van der Waals surface area contributed by atoms with Crippen LogP contribution in [0, 0.1) is 13.8 Å².